The second-order valence-corrected chi connectivity index (χ2v) is 11.1. The van der Waals surface area contributed by atoms with Crippen molar-refractivity contribution < 1.29 is 28.2 Å². The lowest BCUT2D eigenvalue weighted by Gasteiger charge is -2.25. The van der Waals surface area contributed by atoms with Crippen LogP contribution in [0.15, 0.2) is 86.1 Å². The van der Waals surface area contributed by atoms with Crippen LogP contribution < -0.4 is 19.6 Å². The van der Waals surface area contributed by atoms with Gasteiger partial charge in [0.05, 0.1) is 46.7 Å². The van der Waals surface area contributed by atoms with Crippen LogP contribution in [0.1, 0.15) is 62.3 Å². The molecule has 1 aliphatic rings. The first-order valence-electron chi connectivity index (χ1n) is 14.0. The Kier molecular flexibility index (Phi) is 8.77. The molecule has 0 bridgehead atoms. The zero-order valence-electron chi connectivity index (χ0n) is 24.6. The molecule has 4 aromatic rings. The number of carbonyl (C=O) groups is 2. The van der Waals surface area contributed by atoms with E-state index >= 15 is 0 Å². The lowest BCUT2D eigenvalue weighted by molar-refractivity contribution is -0.139. The van der Waals surface area contributed by atoms with Crippen LogP contribution in [0, 0.1) is 0 Å². The number of hydrogen-bond donors (Lipinski definition) is 0. The van der Waals surface area contributed by atoms with Gasteiger partial charge in [0.25, 0.3) is 5.56 Å². The van der Waals surface area contributed by atoms with Crippen LogP contribution >= 0.6 is 11.3 Å². The summed E-state index contributed by atoms with van der Waals surface area (Å²) in [4.78, 5) is 44.3. The molecule has 2 aromatic heterocycles. The number of esters is 2. The average Bonchev–Trinajstić information content (AvgIpc) is 3.57. The largest absolute Gasteiger partial charge is 0.491 e. The fourth-order valence-electron chi connectivity index (χ4n) is 4.84. The van der Waals surface area contributed by atoms with Crippen molar-refractivity contribution in [3.8, 4) is 17.1 Å². The molecule has 10 heteroatoms. The van der Waals surface area contributed by atoms with Crippen molar-refractivity contribution in [3.63, 3.8) is 0 Å². The second kappa shape index (κ2) is 12.7. The summed E-state index contributed by atoms with van der Waals surface area (Å²) in [6.45, 7) is 9.60. The number of rotatable bonds is 9. The molecule has 0 aliphatic carbocycles. The topological polar surface area (TPSA) is 109 Å². The van der Waals surface area contributed by atoms with Gasteiger partial charge in [-0.1, -0.05) is 35.6 Å². The van der Waals surface area contributed by atoms with Gasteiger partial charge in [-0.05, 0) is 76.6 Å². The zero-order valence-corrected chi connectivity index (χ0v) is 25.4. The van der Waals surface area contributed by atoms with Gasteiger partial charge in [-0.3, -0.25) is 9.36 Å². The van der Waals surface area contributed by atoms with Gasteiger partial charge in [-0.25, -0.2) is 14.6 Å². The summed E-state index contributed by atoms with van der Waals surface area (Å²) < 4.78 is 24.2. The zero-order chi connectivity index (χ0) is 30.7. The molecule has 43 heavy (non-hydrogen) atoms. The summed E-state index contributed by atoms with van der Waals surface area (Å²) in [6, 6.07) is 17.1. The summed E-state index contributed by atoms with van der Waals surface area (Å²) in [6.07, 6.45) is 1.66. The fourth-order valence-corrected chi connectivity index (χ4v) is 5.86. The van der Waals surface area contributed by atoms with E-state index in [1.54, 1.807) is 57.2 Å². The van der Waals surface area contributed by atoms with Gasteiger partial charge >= 0.3 is 11.9 Å². The third-order valence-electron chi connectivity index (χ3n) is 6.64. The smallest absolute Gasteiger partial charge is 0.338 e. The van der Waals surface area contributed by atoms with Gasteiger partial charge in [-0.15, -0.1) is 0 Å². The Bertz CT molecular complexity index is 1880. The van der Waals surface area contributed by atoms with Crippen LogP contribution in [0.4, 0.5) is 0 Å². The molecule has 0 spiro atoms. The highest BCUT2D eigenvalue weighted by Gasteiger charge is 2.33. The van der Waals surface area contributed by atoms with E-state index in [2.05, 4.69) is 4.99 Å². The molecule has 0 fully saturated rings. The van der Waals surface area contributed by atoms with Gasteiger partial charge in [0.1, 0.15) is 17.3 Å². The highest BCUT2D eigenvalue weighted by Crippen LogP contribution is 2.32. The third-order valence-corrected chi connectivity index (χ3v) is 7.63. The standard InChI is InChI=1S/C33H32N2O7S/c1-6-39-31(37)23-10-8-9-22(17-23)26-16-15-25(42-26)18-27-30(36)35-29(21-11-13-24(14-12-21)41-19(3)4)28(32(38)40-7-2)20(5)34-33(35)43-27/h8-19,29H,6-7H2,1-5H3/b27-18-/t29-/m0/s1. The maximum absolute atomic E-state index is 13.9. The minimum absolute atomic E-state index is 0.00406. The Labute approximate surface area is 252 Å². The van der Waals surface area contributed by atoms with Gasteiger partial charge < -0.3 is 18.6 Å². The van der Waals surface area contributed by atoms with Crippen LogP contribution in [0.2, 0.25) is 0 Å². The Morgan fingerprint density at radius 1 is 1.02 bits per heavy atom. The molecular formula is C33H32N2O7S. The summed E-state index contributed by atoms with van der Waals surface area (Å²) in [5.74, 6) is 0.741. The average molecular weight is 601 g/mol. The number of thiazole rings is 1. The number of carbonyl (C=O) groups excluding carboxylic acids is 2. The SMILES string of the molecule is CCOC(=O)C1=C(C)N=c2s/c(=C\c3ccc(-c4cccc(C(=O)OCC)c4)o3)c(=O)n2[C@H]1c1ccc(OC(C)C)cc1. The van der Waals surface area contributed by atoms with Crippen molar-refractivity contribution in [2.24, 2.45) is 4.99 Å². The van der Waals surface area contributed by atoms with E-state index in [-0.39, 0.29) is 24.9 Å². The lowest BCUT2D eigenvalue weighted by atomic mass is 9.96. The van der Waals surface area contributed by atoms with Gasteiger partial charge in [-0.2, -0.15) is 0 Å². The van der Waals surface area contributed by atoms with Crippen molar-refractivity contribution >= 4 is 29.4 Å². The van der Waals surface area contributed by atoms with Crippen molar-refractivity contribution in [1.29, 1.82) is 0 Å². The van der Waals surface area contributed by atoms with E-state index in [1.165, 1.54) is 15.9 Å². The Hall–Kier alpha value is -4.70. The molecule has 5 rings (SSSR count). The molecule has 0 N–H and O–H groups in total. The highest BCUT2D eigenvalue weighted by molar-refractivity contribution is 7.07. The Morgan fingerprint density at radius 2 is 1.74 bits per heavy atom. The molecule has 0 saturated heterocycles. The molecule has 0 unspecified atom stereocenters. The molecule has 1 aliphatic heterocycles. The number of fused-ring (bicyclic) bond motifs is 1. The van der Waals surface area contributed by atoms with Crippen LogP contribution in [0.5, 0.6) is 5.75 Å². The van der Waals surface area contributed by atoms with Gasteiger partial charge in [0, 0.05) is 11.6 Å². The first kappa shape index (κ1) is 29.8. The highest BCUT2D eigenvalue weighted by atomic mass is 32.1. The van der Waals surface area contributed by atoms with Crippen molar-refractivity contribution in [2.45, 2.75) is 46.8 Å². The minimum Gasteiger partial charge on any atom is -0.491 e. The molecule has 1 atom stereocenters. The molecule has 0 amide bonds. The normalized spacial score (nSPS) is 14.8. The predicted molar refractivity (Wildman–Crippen MR) is 163 cm³/mol. The quantitative estimate of drug-likeness (QED) is 0.248. The number of ether oxygens (including phenoxy) is 3. The molecule has 9 nitrogen and oxygen atoms in total. The predicted octanol–water partition coefficient (Wildman–Crippen LogP) is 5.02. The maximum Gasteiger partial charge on any atom is 0.338 e. The first-order chi connectivity index (χ1) is 20.7. The van der Waals surface area contributed by atoms with Crippen molar-refractivity contribution in [3.05, 3.63) is 109 Å². The summed E-state index contributed by atoms with van der Waals surface area (Å²) in [5.41, 5.74) is 2.32. The van der Waals surface area contributed by atoms with Crippen LogP contribution in [0.3, 0.4) is 0 Å². The number of hydrogen-bond acceptors (Lipinski definition) is 9. The van der Waals surface area contributed by atoms with E-state index in [1.807, 2.05) is 44.2 Å². The van der Waals surface area contributed by atoms with E-state index in [4.69, 9.17) is 18.6 Å². The molecular weight excluding hydrogens is 568 g/mol. The van der Waals surface area contributed by atoms with E-state index in [0.29, 0.717) is 49.0 Å². The van der Waals surface area contributed by atoms with E-state index in [9.17, 15) is 14.4 Å². The Morgan fingerprint density at radius 3 is 2.44 bits per heavy atom. The molecule has 2 aromatic carbocycles. The van der Waals surface area contributed by atoms with Crippen molar-refractivity contribution in [2.75, 3.05) is 13.2 Å². The van der Waals surface area contributed by atoms with Gasteiger partial charge in [0.15, 0.2) is 4.80 Å². The first-order valence-corrected chi connectivity index (χ1v) is 14.9. The second-order valence-electron chi connectivity index (χ2n) is 10.0. The number of aromatic nitrogens is 1. The number of furan rings is 1. The summed E-state index contributed by atoms with van der Waals surface area (Å²) in [5, 5.41) is 0. The van der Waals surface area contributed by atoms with Crippen LogP contribution in [0.25, 0.3) is 17.4 Å². The van der Waals surface area contributed by atoms with E-state index in [0.717, 1.165) is 5.56 Å². The fraction of sp³-hybridized carbons (Fsp3) is 0.273. The number of benzene rings is 2. The summed E-state index contributed by atoms with van der Waals surface area (Å²) in [7, 11) is 0. The molecule has 3 heterocycles. The molecule has 0 radical (unpaired) electrons. The third kappa shape index (κ3) is 6.24. The van der Waals surface area contributed by atoms with Crippen molar-refractivity contribution in [1.82, 2.24) is 4.57 Å². The molecule has 0 saturated carbocycles. The maximum atomic E-state index is 13.9. The monoisotopic (exact) mass is 600 g/mol. The number of nitrogens with zero attached hydrogens (tertiary/aromatic N) is 2. The lowest BCUT2D eigenvalue weighted by Crippen LogP contribution is -2.39. The van der Waals surface area contributed by atoms with Gasteiger partial charge in [0.2, 0.25) is 0 Å². The summed E-state index contributed by atoms with van der Waals surface area (Å²) >= 11 is 1.21. The van der Waals surface area contributed by atoms with Crippen LogP contribution in [-0.4, -0.2) is 35.8 Å². The molecule has 222 valence electrons. The minimum atomic E-state index is -0.733. The Balaban J connectivity index is 1.56. The van der Waals surface area contributed by atoms with Crippen LogP contribution in [-0.2, 0) is 14.3 Å². The number of allylic oxidation sites excluding steroid dienone is 1. The van der Waals surface area contributed by atoms with E-state index < -0.39 is 18.0 Å².